The van der Waals surface area contributed by atoms with Gasteiger partial charge < -0.3 is 10.2 Å². The first-order valence-corrected chi connectivity index (χ1v) is 10.00. The molecule has 1 unspecified atom stereocenters. The third-order valence-electron chi connectivity index (χ3n) is 5.88. The summed E-state index contributed by atoms with van der Waals surface area (Å²) >= 11 is 0. The number of hydrogen-bond donors (Lipinski definition) is 2. The van der Waals surface area contributed by atoms with Gasteiger partial charge in [0.15, 0.2) is 0 Å². The summed E-state index contributed by atoms with van der Waals surface area (Å²) in [5.41, 5.74) is 5.32. The Morgan fingerprint density at radius 1 is 1.30 bits per heavy atom. The van der Waals surface area contributed by atoms with E-state index in [1.807, 2.05) is 25.1 Å². The summed E-state index contributed by atoms with van der Waals surface area (Å²) in [6.07, 6.45) is 0.103. The summed E-state index contributed by atoms with van der Waals surface area (Å²) in [6, 6.07) is 7.61. The van der Waals surface area contributed by atoms with Gasteiger partial charge in [0.05, 0.1) is 12.1 Å². The maximum absolute atomic E-state index is 12.7. The molecule has 1 fully saturated rings. The zero-order valence-corrected chi connectivity index (χ0v) is 16.5. The van der Waals surface area contributed by atoms with E-state index in [9.17, 15) is 13.6 Å². The fourth-order valence-electron chi connectivity index (χ4n) is 4.43. The highest BCUT2D eigenvalue weighted by Crippen LogP contribution is 2.34. The van der Waals surface area contributed by atoms with E-state index in [1.165, 1.54) is 0 Å². The van der Waals surface area contributed by atoms with Gasteiger partial charge in [-0.15, -0.1) is 0 Å². The number of aryl methyl sites for hydroxylation is 1. The summed E-state index contributed by atoms with van der Waals surface area (Å²) < 4.78 is 25.4. The highest BCUT2D eigenvalue weighted by Gasteiger charge is 2.34. The zero-order chi connectivity index (χ0) is 20.8. The number of carbonyl (C=O) groups excluding carboxylic acids is 1. The van der Waals surface area contributed by atoms with Crippen LogP contribution in [0, 0.1) is 6.92 Å². The average molecular weight is 412 g/mol. The van der Waals surface area contributed by atoms with Gasteiger partial charge in [0.2, 0.25) is 0 Å². The van der Waals surface area contributed by atoms with Crippen molar-refractivity contribution in [2.24, 2.45) is 0 Å². The number of alkyl halides is 2. The molecule has 0 spiro atoms. The van der Waals surface area contributed by atoms with E-state index in [2.05, 4.69) is 26.6 Å². The van der Waals surface area contributed by atoms with E-state index < -0.39 is 6.43 Å². The summed E-state index contributed by atoms with van der Waals surface area (Å²) in [7, 11) is 0. The maximum Gasteiger partial charge on any atom is 0.322 e. The predicted molar refractivity (Wildman–Crippen MR) is 109 cm³/mol. The number of aromatic nitrogens is 3. The Balaban J connectivity index is 1.44. The van der Waals surface area contributed by atoms with Crippen LogP contribution >= 0.6 is 0 Å². The van der Waals surface area contributed by atoms with Crippen LogP contribution < -0.4 is 5.32 Å². The number of likely N-dealkylation sites (tertiary alicyclic amines) is 1. The first-order chi connectivity index (χ1) is 14.5. The molecule has 1 saturated heterocycles. The molecule has 0 aliphatic carbocycles. The van der Waals surface area contributed by atoms with Gasteiger partial charge in [-0.1, -0.05) is 0 Å². The Hall–Kier alpha value is -3.07. The van der Waals surface area contributed by atoms with Crippen molar-refractivity contribution in [1.82, 2.24) is 25.0 Å². The third-order valence-corrected chi connectivity index (χ3v) is 5.88. The van der Waals surface area contributed by atoms with Crippen molar-refractivity contribution >= 4 is 22.6 Å². The zero-order valence-electron chi connectivity index (χ0n) is 16.5. The number of halogens is 2. The SMILES string of the molecule is Cc1cc(-c2n[nH]c3cc4c(cc23)CN(C2CCN(CC(F)F)C2)C(=O)N4)ccn1. The molecular weight excluding hydrogens is 390 g/mol. The monoisotopic (exact) mass is 412 g/mol. The largest absolute Gasteiger partial charge is 0.322 e. The Morgan fingerprint density at radius 2 is 2.17 bits per heavy atom. The van der Waals surface area contributed by atoms with Crippen LogP contribution in [-0.2, 0) is 6.54 Å². The molecule has 2 amide bonds. The quantitative estimate of drug-likeness (QED) is 0.686. The molecule has 156 valence electrons. The van der Waals surface area contributed by atoms with E-state index in [0.29, 0.717) is 26.1 Å². The molecule has 0 radical (unpaired) electrons. The highest BCUT2D eigenvalue weighted by molar-refractivity contribution is 6.00. The molecule has 7 nitrogen and oxygen atoms in total. The fourth-order valence-corrected chi connectivity index (χ4v) is 4.43. The van der Waals surface area contributed by atoms with Crippen molar-refractivity contribution in [3.8, 4) is 11.3 Å². The van der Waals surface area contributed by atoms with E-state index >= 15 is 0 Å². The van der Waals surface area contributed by atoms with Crippen LogP contribution in [0.2, 0.25) is 0 Å². The first kappa shape index (κ1) is 18.9. The second-order valence-electron chi connectivity index (χ2n) is 7.96. The van der Waals surface area contributed by atoms with Crippen molar-refractivity contribution in [3.63, 3.8) is 0 Å². The third kappa shape index (κ3) is 3.39. The highest BCUT2D eigenvalue weighted by atomic mass is 19.3. The number of nitrogens with one attached hydrogen (secondary N) is 2. The number of H-pyrrole nitrogens is 1. The minimum Gasteiger partial charge on any atom is -0.316 e. The van der Waals surface area contributed by atoms with Gasteiger partial charge in [-0.2, -0.15) is 5.10 Å². The number of aromatic amines is 1. The molecule has 4 heterocycles. The molecule has 2 N–H and O–H groups in total. The molecule has 0 saturated carbocycles. The van der Waals surface area contributed by atoms with Crippen LogP contribution in [0.4, 0.5) is 19.3 Å². The molecule has 1 atom stereocenters. The number of carbonyl (C=O) groups is 1. The van der Waals surface area contributed by atoms with Gasteiger partial charge in [0.25, 0.3) is 6.43 Å². The smallest absolute Gasteiger partial charge is 0.316 e. The average Bonchev–Trinajstić information content (AvgIpc) is 3.32. The van der Waals surface area contributed by atoms with E-state index in [-0.39, 0.29) is 18.6 Å². The second kappa shape index (κ2) is 7.32. The molecule has 5 rings (SSSR count). The van der Waals surface area contributed by atoms with Gasteiger partial charge >= 0.3 is 6.03 Å². The topological polar surface area (TPSA) is 77.2 Å². The van der Waals surface area contributed by atoms with Crippen molar-refractivity contribution < 1.29 is 13.6 Å². The lowest BCUT2D eigenvalue weighted by Gasteiger charge is -2.34. The number of amides is 2. The summed E-state index contributed by atoms with van der Waals surface area (Å²) in [5, 5.41) is 11.5. The lowest BCUT2D eigenvalue weighted by atomic mass is 10.0. The van der Waals surface area contributed by atoms with Crippen LogP contribution in [0.25, 0.3) is 22.2 Å². The van der Waals surface area contributed by atoms with Crippen LogP contribution in [0.5, 0.6) is 0 Å². The molecule has 1 aromatic carbocycles. The number of pyridine rings is 1. The molecule has 0 bridgehead atoms. The molecule has 3 aromatic rings. The van der Waals surface area contributed by atoms with E-state index in [1.54, 1.807) is 16.0 Å². The second-order valence-corrected chi connectivity index (χ2v) is 7.96. The van der Waals surface area contributed by atoms with Crippen molar-refractivity contribution in [3.05, 3.63) is 41.7 Å². The Bertz CT molecular complexity index is 1110. The number of nitrogens with zero attached hydrogens (tertiary/aromatic N) is 4. The first-order valence-electron chi connectivity index (χ1n) is 10.00. The number of fused-ring (bicyclic) bond motifs is 2. The molecule has 2 aliphatic rings. The maximum atomic E-state index is 12.7. The summed E-state index contributed by atoms with van der Waals surface area (Å²) in [5.74, 6) is 0. The Morgan fingerprint density at radius 3 is 2.97 bits per heavy atom. The number of hydrogen-bond acceptors (Lipinski definition) is 4. The van der Waals surface area contributed by atoms with E-state index in [0.717, 1.165) is 39.1 Å². The Labute approximate surface area is 172 Å². The summed E-state index contributed by atoms with van der Waals surface area (Å²) in [6.45, 7) is 3.20. The van der Waals surface area contributed by atoms with Crippen molar-refractivity contribution in [1.29, 1.82) is 0 Å². The van der Waals surface area contributed by atoms with E-state index in [4.69, 9.17) is 0 Å². The lowest BCUT2D eigenvalue weighted by molar-refractivity contribution is 0.0955. The predicted octanol–water partition coefficient (Wildman–Crippen LogP) is 3.62. The van der Waals surface area contributed by atoms with Gasteiger partial charge in [0, 0.05) is 54.2 Å². The summed E-state index contributed by atoms with van der Waals surface area (Å²) in [4.78, 5) is 20.4. The minimum absolute atomic E-state index is 0.0701. The van der Waals surface area contributed by atoms with Gasteiger partial charge in [-0.05, 0) is 43.2 Å². The molecule has 2 aromatic heterocycles. The Kier molecular flexibility index (Phi) is 4.62. The van der Waals surface area contributed by atoms with Crippen LogP contribution in [0.1, 0.15) is 17.7 Å². The van der Waals surface area contributed by atoms with Gasteiger partial charge in [-0.25, -0.2) is 13.6 Å². The number of rotatable bonds is 4. The van der Waals surface area contributed by atoms with Crippen molar-refractivity contribution in [2.75, 3.05) is 25.0 Å². The lowest BCUT2D eigenvalue weighted by Crippen LogP contribution is -2.46. The standard InChI is InChI=1S/C21H22F2N6O/c1-12-6-13(2-4-24-12)20-16-7-14-9-29(15-3-5-28(10-15)11-19(22)23)21(30)25-17(14)8-18(16)26-27-20/h2,4,6-8,15,19H,3,5,9-11H2,1H3,(H,25,30)(H,26,27). The number of urea groups is 1. The van der Waals surface area contributed by atoms with Crippen LogP contribution in [0.3, 0.4) is 0 Å². The normalized spacial score (nSPS) is 19.5. The van der Waals surface area contributed by atoms with Crippen LogP contribution in [0.15, 0.2) is 30.5 Å². The molecule has 30 heavy (non-hydrogen) atoms. The van der Waals surface area contributed by atoms with Gasteiger partial charge in [0.1, 0.15) is 5.69 Å². The fraction of sp³-hybridized carbons (Fsp3) is 0.381. The van der Waals surface area contributed by atoms with Crippen LogP contribution in [-0.4, -0.2) is 63.1 Å². The molecular formula is C21H22F2N6O. The molecule has 9 heteroatoms. The van der Waals surface area contributed by atoms with Gasteiger partial charge in [-0.3, -0.25) is 15.0 Å². The number of benzene rings is 1. The van der Waals surface area contributed by atoms with Crippen molar-refractivity contribution in [2.45, 2.75) is 32.4 Å². The number of anilines is 1. The molecule has 2 aliphatic heterocycles. The minimum atomic E-state index is -2.36.